The molecule has 0 spiro atoms. The summed E-state index contributed by atoms with van der Waals surface area (Å²) in [5, 5.41) is 3.39. The van der Waals surface area contributed by atoms with Crippen LogP contribution in [0.3, 0.4) is 0 Å². The fourth-order valence-corrected chi connectivity index (χ4v) is 3.11. The predicted octanol–water partition coefficient (Wildman–Crippen LogP) is 3.09. The van der Waals surface area contributed by atoms with Crippen molar-refractivity contribution in [3.8, 4) is 17.2 Å². The zero-order valence-electron chi connectivity index (χ0n) is 14.0. The molecule has 2 heterocycles. The fourth-order valence-electron chi connectivity index (χ4n) is 3.11. The molecular weight excluding hydrogens is 302 g/mol. The van der Waals surface area contributed by atoms with Crippen molar-refractivity contribution in [2.45, 2.75) is 6.92 Å². The smallest absolute Gasteiger partial charge is 0.153 e. The first-order valence-electron chi connectivity index (χ1n) is 8.26. The number of methoxy groups -OCH3 is 1. The molecule has 0 aromatic heterocycles. The summed E-state index contributed by atoms with van der Waals surface area (Å²) in [4.78, 5) is 7.27. The highest BCUT2D eigenvalue weighted by Gasteiger charge is 2.24. The Hall–Kier alpha value is -2.53. The number of nitrogens with one attached hydrogen (secondary N) is 1. The number of aryl methyl sites for hydroxylation is 1. The van der Waals surface area contributed by atoms with E-state index in [2.05, 4.69) is 23.2 Å². The Morgan fingerprint density at radius 2 is 1.92 bits per heavy atom. The molecule has 124 valence electrons. The van der Waals surface area contributed by atoms with Gasteiger partial charge in [-0.3, -0.25) is 0 Å². The molecule has 4 rings (SSSR count). The van der Waals surface area contributed by atoms with Crippen LogP contribution in [0.25, 0.3) is 0 Å². The van der Waals surface area contributed by atoms with Crippen LogP contribution in [-0.2, 0) is 0 Å². The van der Waals surface area contributed by atoms with Crippen molar-refractivity contribution in [1.29, 1.82) is 0 Å². The third kappa shape index (κ3) is 2.71. The molecule has 0 radical (unpaired) electrons. The maximum absolute atomic E-state index is 6.19. The topological polar surface area (TPSA) is 46.1 Å². The van der Waals surface area contributed by atoms with Crippen LogP contribution in [0, 0.1) is 6.92 Å². The van der Waals surface area contributed by atoms with Crippen molar-refractivity contribution in [2.24, 2.45) is 4.99 Å². The Kier molecular flexibility index (Phi) is 3.86. The number of amidine groups is 1. The van der Waals surface area contributed by atoms with Crippen molar-refractivity contribution in [2.75, 3.05) is 33.3 Å². The highest BCUT2D eigenvalue weighted by molar-refractivity contribution is 6.04. The van der Waals surface area contributed by atoms with Gasteiger partial charge in [-0.2, -0.15) is 0 Å². The number of rotatable bonds is 1. The number of fused-ring (bicyclic) bond motifs is 2. The molecule has 5 heteroatoms. The third-order valence-corrected chi connectivity index (χ3v) is 4.41. The van der Waals surface area contributed by atoms with E-state index in [1.54, 1.807) is 7.11 Å². The molecule has 0 amide bonds. The van der Waals surface area contributed by atoms with Crippen molar-refractivity contribution < 1.29 is 9.47 Å². The molecule has 1 N–H and O–H groups in total. The molecule has 2 aromatic carbocycles. The summed E-state index contributed by atoms with van der Waals surface area (Å²) >= 11 is 0. The van der Waals surface area contributed by atoms with Gasteiger partial charge in [-0.1, -0.05) is 6.07 Å². The standard InChI is InChI=1S/C19H21N3O2/c1-13-3-5-16-18(11-13)24-17-6-4-14(23-2)12-15(17)19(21-16)22-9-7-20-8-10-22/h3-6,11-12,20H,7-10H2,1-2H3. The second-order valence-corrected chi connectivity index (χ2v) is 6.11. The number of benzene rings is 2. The average molecular weight is 323 g/mol. The summed E-state index contributed by atoms with van der Waals surface area (Å²) < 4.78 is 11.6. The minimum Gasteiger partial charge on any atom is -0.497 e. The summed E-state index contributed by atoms with van der Waals surface area (Å²) in [6.07, 6.45) is 0. The first-order chi connectivity index (χ1) is 11.7. The molecule has 0 saturated carbocycles. The summed E-state index contributed by atoms with van der Waals surface area (Å²) in [5.41, 5.74) is 3.00. The van der Waals surface area contributed by atoms with Crippen LogP contribution >= 0.6 is 0 Å². The molecule has 2 aromatic rings. The van der Waals surface area contributed by atoms with Crippen LogP contribution in [0.2, 0.25) is 0 Å². The van der Waals surface area contributed by atoms with Crippen LogP contribution in [0.15, 0.2) is 41.4 Å². The van der Waals surface area contributed by atoms with E-state index in [1.807, 2.05) is 30.3 Å². The molecule has 1 fully saturated rings. The highest BCUT2D eigenvalue weighted by atomic mass is 16.5. The van der Waals surface area contributed by atoms with Crippen LogP contribution in [0.4, 0.5) is 5.69 Å². The molecule has 2 aliphatic rings. The normalized spacial score (nSPS) is 16.4. The molecule has 1 saturated heterocycles. The van der Waals surface area contributed by atoms with Gasteiger partial charge in [0, 0.05) is 26.2 Å². The van der Waals surface area contributed by atoms with Crippen molar-refractivity contribution in [1.82, 2.24) is 10.2 Å². The molecular formula is C19H21N3O2. The fraction of sp³-hybridized carbons (Fsp3) is 0.316. The van der Waals surface area contributed by atoms with Gasteiger partial charge in [-0.05, 0) is 42.8 Å². The van der Waals surface area contributed by atoms with E-state index in [0.717, 1.165) is 66.1 Å². The Bertz CT molecular complexity index is 795. The van der Waals surface area contributed by atoms with Gasteiger partial charge in [0.15, 0.2) is 5.75 Å². The van der Waals surface area contributed by atoms with E-state index in [-0.39, 0.29) is 0 Å². The Balaban J connectivity index is 1.88. The van der Waals surface area contributed by atoms with Crippen molar-refractivity contribution >= 4 is 11.5 Å². The second-order valence-electron chi connectivity index (χ2n) is 6.11. The second kappa shape index (κ2) is 6.17. The third-order valence-electron chi connectivity index (χ3n) is 4.41. The first-order valence-corrected chi connectivity index (χ1v) is 8.26. The maximum Gasteiger partial charge on any atom is 0.153 e. The molecule has 5 nitrogen and oxygen atoms in total. The molecule has 2 aliphatic heterocycles. The lowest BCUT2D eigenvalue weighted by Gasteiger charge is -2.30. The zero-order chi connectivity index (χ0) is 16.5. The van der Waals surface area contributed by atoms with Gasteiger partial charge in [0.1, 0.15) is 23.0 Å². The first kappa shape index (κ1) is 15.0. The number of hydrogen-bond acceptors (Lipinski definition) is 5. The van der Waals surface area contributed by atoms with E-state index in [1.165, 1.54) is 0 Å². The molecule has 0 aliphatic carbocycles. The quantitative estimate of drug-likeness (QED) is 0.876. The van der Waals surface area contributed by atoms with Crippen LogP contribution in [0.1, 0.15) is 11.1 Å². The van der Waals surface area contributed by atoms with E-state index in [9.17, 15) is 0 Å². The summed E-state index contributed by atoms with van der Waals surface area (Å²) in [5.74, 6) is 3.37. The van der Waals surface area contributed by atoms with Gasteiger partial charge in [-0.25, -0.2) is 4.99 Å². The summed E-state index contributed by atoms with van der Waals surface area (Å²) in [7, 11) is 1.68. The number of ether oxygens (including phenoxy) is 2. The molecule has 0 unspecified atom stereocenters. The lowest BCUT2D eigenvalue weighted by molar-refractivity contribution is 0.357. The number of hydrogen-bond donors (Lipinski definition) is 1. The maximum atomic E-state index is 6.19. The van der Waals surface area contributed by atoms with Gasteiger partial charge < -0.3 is 19.7 Å². The van der Waals surface area contributed by atoms with E-state index < -0.39 is 0 Å². The lowest BCUT2D eigenvalue weighted by atomic mass is 10.1. The Morgan fingerprint density at radius 3 is 2.71 bits per heavy atom. The van der Waals surface area contributed by atoms with Gasteiger partial charge in [0.2, 0.25) is 0 Å². The van der Waals surface area contributed by atoms with Gasteiger partial charge in [-0.15, -0.1) is 0 Å². The van der Waals surface area contributed by atoms with E-state index >= 15 is 0 Å². The SMILES string of the molecule is COc1ccc2c(c1)C(N1CCNCC1)=Nc1ccc(C)cc1O2. The Labute approximate surface area is 141 Å². The van der Waals surface area contributed by atoms with Gasteiger partial charge in [0.25, 0.3) is 0 Å². The van der Waals surface area contributed by atoms with E-state index in [4.69, 9.17) is 14.5 Å². The number of aliphatic imine (C=N–C) groups is 1. The monoisotopic (exact) mass is 323 g/mol. The van der Waals surface area contributed by atoms with Crippen LogP contribution < -0.4 is 14.8 Å². The van der Waals surface area contributed by atoms with E-state index in [0.29, 0.717) is 0 Å². The molecule has 0 bridgehead atoms. The minimum atomic E-state index is 0.798. The van der Waals surface area contributed by atoms with Gasteiger partial charge >= 0.3 is 0 Å². The van der Waals surface area contributed by atoms with Crippen LogP contribution in [-0.4, -0.2) is 44.0 Å². The number of piperazine rings is 1. The summed E-state index contributed by atoms with van der Waals surface area (Å²) in [6, 6.07) is 12.0. The minimum absolute atomic E-state index is 0.798. The predicted molar refractivity (Wildman–Crippen MR) is 94.9 cm³/mol. The van der Waals surface area contributed by atoms with Crippen molar-refractivity contribution in [3.63, 3.8) is 0 Å². The molecule has 24 heavy (non-hydrogen) atoms. The largest absolute Gasteiger partial charge is 0.497 e. The lowest BCUT2D eigenvalue weighted by Crippen LogP contribution is -2.46. The Morgan fingerprint density at radius 1 is 1.08 bits per heavy atom. The van der Waals surface area contributed by atoms with Gasteiger partial charge in [0.05, 0.1) is 12.7 Å². The number of nitrogens with zero attached hydrogens (tertiary/aromatic N) is 2. The zero-order valence-corrected chi connectivity index (χ0v) is 14.0. The highest BCUT2D eigenvalue weighted by Crippen LogP contribution is 2.39. The summed E-state index contributed by atoms with van der Waals surface area (Å²) in [6.45, 7) is 5.83. The van der Waals surface area contributed by atoms with Crippen molar-refractivity contribution in [3.05, 3.63) is 47.5 Å². The van der Waals surface area contributed by atoms with Crippen LogP contribution in [0.5, 0.6) is 17.2 Å². The molecule has 0 atom stereocenters. The average Bonchev–Trinajstić information content (AvgIpc) is 2.78.